The molecule has 3 heterocycles. The van der Waals surface area contributed by atoms with E-state index in [1.54, 1.807) is 6.33 Å². The molecule has 1 unspecified atom stereocenters. The summed E-state index contributed by atoms with van der Waals surface area (Å²) in [5.74, 6) is 1.51. The Hall–Kier alpha value is -3.94. The zero-order valence-electron chi connectivity index (χ0n) is 21.0. The standard InChI is InChI=1S/C28H33N7O/c1-3-33(4-2)27(36)22-14-11-17-34(19-22)28-31-25(29-18-21-12-7-5-8-13-21)24-26(32-28)35(20-30-24)23-15-9-6-10-16-23/h5-10,12-13,15-16,20,22H,3-4,11,14,17-19H2,1-2H3,(H,29,31,32). The third-order valence-electron chi connectivity index (χ3n) is 6.85. The van der Waals surface area contributed by atoms with E-state index in [0.717, 1.165) is 54.9 Å². The molecular formula is C28H33N7O. The molecule has 2 aromatic heterocycles. The van der Waals surface area contributed by atoms with Gasteiger partial charge in [-0.05, 0) is 44.4 Å². The molecule has 1 aliphatic rings. The van der Waals surface area contributed by atoms with Gasteiger partial charge in [0.1, 0.15) is 6.33 Å². The number of aromatic nitrogens is 4. The van der Waals surface area contributed by atoms with E-state index in [2.05, 4.69) is 27.3 Å². The summed E-state index contributed by atoms with van der Waals surface area (Å²) in [6, 6.07) is 20.3. The van der Waals surface area contributed by atoms with Crippen LogP contribution in [0.1, 0.15) is 32.3 Å². The van der Waals surface area contributed by atoms with Crippen LogP contribution in [0.15, 0.2) is 67.0 Å². The topological polar surface area (TPSA) is 79.2 Å². The van der Waals surface area contributed by atoms with Gasteiger partial charge in [-0.3, -0.25) is 9.36 Å². The molecule has 4 aromatic rings. The third-order valence-corrected chi connectivity index (χ3v) is 6.85. The zero-order valence-corrected chi connectivity index (χ0v) is 21.0. The van der Waals surface area contributed by atoms with Gasteiger partial charge < -0.3 is 15.1 Å². The monoisotopic (exact) mass is 483 g/mol. The summed E-state index contributed by atoms with van der Waals surface area (Å²) in [5.41, 5.74) is 3.63. The summed E-state index contributed by atoms with van der Waals surface area (Å²) in [4.78, 5) is 31.8. The van der Waals surface area contributed by atoms with E-state index in [9.17, 15) is 4.79 Å². The van der Waals surface area contributed by atoms with Crippen molar-refractivity contribution in [3.8, 4) is 5.69 Å². The first-order valence-corrected chi connectivity index (χ1v) is 12.8. The lowest BCUT2D eigenvalue weighted by molar-refractivity contribution is -0.135. The predicted molar refractivity (Wildman–Crippen MR) is 143 cm³/mol. The Morgan fingerprint density at radius 3 is 2.47 bits per heavy atom. The Kier molecular flexibility index (Phi) is 7.11. The van der Waals surface area contributed by atoms with Crippen LogP contribution in [-0.4, -0.2) is 56.5 Å². The van der Waals surface area contributed by atoms with E-state index in [1.165, 1.54) is 0 Å². The van der Waals surface area contributed by atoms with Crippen molar-refractivity contribution >= 4 is 28.8 Å². The van der Waals surface area contributed by atoms with Crippen LogP contribution < -0.4 is 10.2 Å². The molecule has 0 spiro atoms. The van der Waals surface area contributed by atoms with E-state index in [-0.39, 0.29) is 11.8 Å². The highest BCUT2D eigenvalue weighted by Crippen LogP contribution is 2.28. The van der Waals surface area contributed by atoms with E-state index in [1.807, 2.05) is 71.8 Å². The van der Waals surface area contributed by atoms with Crippen molar-refractivity contribution in [2.75, 3.05) is 36.4 Å². The number of hydrogen-bond acceptors (Lipinski definition) is 6. The van der Waals surface area contributed by atoms with Crippen molar-refractivity contribution in [1.82, 2.24) is 24.4 Å². The summed E-state index contributed by atoms with van der Waals surface area (Å²) in [6.45, 7) is 7.62. The highest BCUT2D eigenvalue weighted by molar-refractivity contribution is 5.86. The minimum absolute atomic E-state index is 0.0438. The highest BCUT2D eigenvalue weighted by Gasteiger charge is 2.30. The van der Waals surface area contributed by atoms with Crippen molar-refractivity contribution < 1.29 is 4.79 Å². The molecule has 1 atom stereocenters. The Bertz CT molecular complexity index is 1300. The Balaban J connectivity index is 1.51. The quantitative estimate of drug-likeness (QED) is 0.397. The van der Waals surface area contributed by atoms with Gasteiger partial charge in [0, 0.05) is 38.4 Å². The number of carbonyl (C=O) groups is 1. The molecule has 1 saturated heterocycles. The highest BCUT2D eigenvalue weighted by atomic mass is 16.2. The van der Waals surface area contributed by atoms with Gasteiger partial charge in [0.2, 0.25) is 11.9 Å². The fourth-order valence-corrected chi connectivity index (χ4v) is 4.87. The van der Waals surface area contributed by atoms with Crippen LogP contribution in [0.5, 0.6) is 0 Å². The van der Waals surface area contributed by atoms with Crippen molar-refractivity contribution in [2.24, 2.45) is 5.92 Å². The summed E-state index contributed by atoms with van der Waals surface area (Å²) < 4.78 is 2.00. The van der Waals surface area contributed by atoms with Crippen LogP contribution in [0.25, 0.3) is 16.9 Å². The van der Waals surface area contributed by atoms with Crippen LogP contribution in [0.2, 0.25) is 0 Å². The lowest BCUT2D eigenvalue weighted by atomic mass is 9.96. The maximum Gasteiger partial charge on any atom is 0.229 e. The molecule has 186 valence electrons. The van der Waals surface area contributed by atoms with Crippen LogP contribution in [0, 0.1) is 5.92 Å². The number of nitrogens with one attached hydrogen (secondary N) is 1. The van der Waals surface area contributed by atoms with Crippen molar-refractivity contribution in [3.63, 3.8) is 0 Å². The van der Waals surface area contributed by atoms with E-state index in [0.29, 0.717) is 24.9 Å². The van der Waals surface area contributed by atoms with E-state index in [4.69, 9.17) is 9.97 Å². The normalized spacial score (nSPS) is 15.7. The van der Waals surface area contributed by atoms with Gasteiger partial charge in [-0.25, -0.2) is 4.98 Å². The van der Waals surface area contributed by atoms with Crippen LogP contribution in [0.3, 0.4) is 0 Å². The molecule has 8 heteroatoms. The number of para-hydroxylation sites is 1. The van der Waals surface area contributed by atoms with Crippen LogP contribution in [0.4, 0.5) is 11.8 Å². The largest absolute Gasteiger partial charge is 0.364 e. The summed E-state index contributed by atoms with van der Waals surface area (Å²) in [5, 5.41) is 3.49. The summed E-state index contributed by atoms with van der Waals surface area (Å²) in [6.07, 6.45) is 3.63. The molecule has 0 aliphatic carbocycles. The van der Waals surface area contributed by atoms with Gasteiger partial charge in [0.05, 0.1) is 5.92 Å². The lowest BCUT2D eigenvalue weighted by Gasteiger charge is -2.34. The fraction of sp³-hybridized carbons (Fsp3) is 0.357. The molecule has 8 nitrogen and oxygen atoms in total. The van der Waals surface area contributed by atoms with Gasteiger partial charge in [-0.2, -0.15) is 9.97 Å². The average molecular weight is 484 g/mol. The number of carbonyl (C=O) groups excluding carboxylic acids is 1. The maximum absolute atomic E-state index is 13.1. The average Bonchev–Trinajstić information content (AvgIpc) is 3.38. The van der Waals surface area contributed by atoms with Crippen molar-refractivity contribution in [1.29, 1.82) is 0 Å². The number of piperidine rings is 1. The van der Waals surface area contributed by atoms with E-state index >= 15 is 0 Å². The first-order valence-electron chi connectivity index (χ1n) is 12.8. The number of rotatable bonds is 8. The van der Waals surface area contributed by atoms with Crippen LogP contribution >= 0.6 is 0 Å². The van der Waals surface area contributed by atoms with Crippen molar-refractivity contribution in [2.45, 2.75) is 33.2 Å². The number of fused-ring (bicyclic) bond motifs is 1. The smallest absolute Gasteiger partial charge is 0.229 e. The molecule has 1 N–H and O–H groups in total. The number of nitrogens with zero attached hydrogens (tertiary/aromatic N) is 6. The Labute approximate surface area is 212 Å². The first kappa shape index (κ1) is 23.8. The third kappa shape index (κ3) is 4.89. The Morgan fingerprint density at radius 1 is 1.03 bits per heavy atom. The summed E-state index contributed by atoms with van der Waals surface area (Å²) in [7, 11) is 0. The SMILES string of the molecule is CCN(CC)C(=O)C1CCCN(c2nc(NCc3ccccc3)c3ncn(-c4ccccc4)c3n2)C1. The molecule has 36 heavy (non-hydrogen) atoms. The molecule has 5 rings (SSSR count). The molecule has 0 bridgehead atoms. The Morgan fingerprint density at radius 2 is 1.75 bits per heavy atom. The second kappa shape index (κ2) is 10.8. The number of benzene rings is 2. The van der Waals surface area contributed by atoms with Gasteiger partial charge in [-0.1, -0.05) is 48.5 Å². The number of hydrogen-bond donors (Lipinski definition) is 1. The molecule has 2 aromatic carbocycles. The molecule has 0 saturated carbocycles. The fourth-order valence-electron chi connectivity index (χ4n) is 4.87. The number of imidazole rings is 1. The molecular weight excluding hydrogens is 450 g/mol. The molecule has 1 fully saturated rings. The zero-order chi connectivity index (χ0) is 24.9. The second-order valence-corrected chi connectivity index (χ2v) is 9.13. The molecule has 0 radical (unpaired) electrons. The predicted octanol–water partition coefficient (Wildman–Crippen LogP) is 4.51. The van der Waals surface area contributed by atoms with Crippen molar-refractivity contribution in [3.05, 3.63) is 72.6 Å². The molecule has 1 aliphatic heterocycles. The number of amides is 1. The van der Waals surface area contributed by atoms with E-state index < -0.39 is 0 Å². The minimum atomic E-state index is -0.0438. The summed E-state index contributed by atoms with van der Waals surface area (Å²) >= 11 is 0. The van der Waals surface area contributed by atoms with Gasteiger partial charge in [0.25, 0.3) is 0 Å². The molecule has 1 amide bonds. The minimum Gasteiger partial charge on any atom is -0.364 e. The van der Waals surface area contributed by atoms with Crippen LogP contribution in [-0.2, 0) is 11.3 Å². The van der Waals surface area contributed by atoms with Gasteiger partial charge in [0.15, 0.2) is 17.0 Å². The van der Waals surface area contributed by atoms with Gasteiger partial charge in [-0.15, -0.1) is 0 Å². The lowest BCUT2D eigenvalue weighted by Crippen LogP contribution is -2.45. The van der Waals surface area contributed by atoms with Gasteiger partial charge >= 0.3 is 0 Å². The first-order chi connectivity index (χ1) is 17.7. The maximum atomic E-state index is 13.1. The number of anilines is 2. The second-order valence-electron chi connectivity index (χ2n) is 9.13.